The Kier molecular flexibility index (Phi) is 3.26. The summed E-state index contributed by atoms with van der Waals surface area (Å²) in [6, 6.07) is 10.2. The molecule has 1 aliphatic rings. The number of fused-ring (bicyclic) bond motifs is 1. The summed E-state index contributed by atoms with van der Waals surface area (Å²) in [7, 11) is 0. The van der Waals surface area contributed by atoms with Gasteiger partial charge in [-0.15, -0.1) is 10.2 Å². The first-order valence-corrected chi connectivity index (χ1v) is 7.19. The van der Waals surface area contributed by atoms with Crippen LogP contribution in [-0.4, -0.2) is 29.3 Å². The molecule has 1 aliphatic heterocycles. The molecule has 1 fully saturated rings. The molecule has 108 valence electrons. The summed E-state index contributed by atoms with van der Waals surface area (Å²) >= 11 is 0. The van der Waals surface area contributed by atoms with Crippen LogP contribution in [0, 0.1) is 16.7 Å². The summed E-state index contributed by atoms with van der Waals surface area (Å²) in [5.74, 6) is 0. The van der Waals surface area contributed by atoms with Crippen molar-refractivity contribution in [3.63, 3.8) is 0 Å². The van der Waals surface area contributed by atoms with Crippen LogP contribution in [0.1, 0.15) is 26.0 Å². The van der Waals surface area contributed by atoms with Crippen LogP contribution in [0.5, 0.6) is 0 Å². The molecule has 2 aromatic rings. The molecule has 1 atom stereocenters. The van der Waals surface area contributed by atoms with Gasteiger partial charge < -0.3 is 10.6 Å². The van der Waals surface area contributed by atoms with Crippen molar-refractivity contribution < 1.29 is 0 Å². The van der Waals surface area contributed by atoms with Crippen molar-refractivity contribution in [1.29, 1.82) is 5.26 Å². The molecular formula is C16H19N5. The van der Waals surface area contributed by atoms with Crippen LogP contribution in [-0.2, 0) is 0 Å². The van der Waals surface area contributed by atoms with Crippen LogP contribution in [0.4, 0.5) is 5.69 Å². The zero-order chi connectivity index (χ0) is 15.0. The number of hydrogen-bond acceptors (Lipinski definition) is 5. The molecule has 0 aliphatic carbocycles. The van der Waals surface area contributed by atoms with E-state index in [4.69, 9.17) is 5.73 Å². The lowest BCUT2D eigenvalue weighted by molar-refractivity contribution is 0.245. The van der Waals surface area contributed by atoms with Crippen LogP contribution in [0.15, 0.2) is 24.3 Å². The SMILES string of the molecule is CC1(C)CN(c2c(C#N)nnc3ccccc23)CCC1N. The van der Waals surface area contributed by atoms with Crippen LogP contribution in [0.3, 0.4) is 0 Å². The molecule has 2 N–H and O–H groups in total. The van der Waals surface area contributed by atoms with E-state index in [0.29, 0.717) is 5.69 Å². The number of anilines is 1. The first kappa shape index (κ1) is 13.8. The molecule has 0 radical (unpaired) electrons. The first-order valence-electron chi connectivity index (χ1n) is 7.19. The van der Waals surface area contributed by atoms with Crippen molar-refractivity contribution in [2.24, 2.45) is 11.1 Å². The van der Waals surface area contributed by atoms with Gasteiger partial charge in [0, 0.05) is 24.5 Å². The molecule has 2 heterocycles. The highest BCUT2D eigenvalue weighted by atomic mass is 15.2. The molecule has 1 unspecified atom stereocenters. The summed E-state index contributed by atoms with van der Waals surface area (Å²) < 4.78 is 0. The van der Waals surface area contributed by atoms with Gasteiger partial charge in [0.1, 0.15) is 6.07 Å². The summed E-state index contributed by atoms with van der Waals surface area (Å²) in [5, 5.41) is 18.6. The standard InChI is InChI=1S/C16H19N5/c1-16(2)10-21(8-7-14(16)18)15-11-5-3-4-6-12(11)19-20-13(15)9-17/h3-6,14H,7-8,10,18H2,1-2H3. The first-order chi connectivity index (χ1) is 10.0. The largest absolute Gasteiger partial charge is 0.368 e. The van der Waals surface area contributed by atoms with Gasteiger partial charge in [0.25, 0.3) is 0 Å². The predicted octanol–water partition coefficient (Wildman–Crippen LogP) is 2.07. The van der Waals surface area contributed by atoms with E-state index in [1.54, 1.807) is 0 Å². The lowest BCUT2D eigenvalue weighted by atomic mass is 9.79. The van der Waals surface area contributed by atoms with E-state index in [9.17, 15) is 5.26 Å². The molecule has 3 rings (SSSR count). The third-order valence-electron chi connectivity index (χ3n) is 4.38. The molecule has 21 heavy (non-hydrogen) atoms. The molecule has 5 heteroatoms. The predicted molar refractivity (Wildman–Crippen MR) is 82.8 cm³/mol. The highest BCUT2D eigenvalue weighted by molar-refractivity contribution is 5.93. The Morgan fingerprint density at radius 1 is 1.33 bits per heavy atom. The molecule has 0 spiro atoms. The van der Waals surface area contributed by atoms with Gasteiger partial charge in [-0.1, -0.05) is 32.0 Å². The van der Waals surface area contributed by atoms with E-state index in [-0.39, 0.29) is 11.5 Å². The number of nitriles is 1. The Morgan fingerprint density at radius 2 is 2.10 bits per heavy atom. The minimum atomic E-state index is 0.00928. The van der Waals surface area contributed by atoms with Gasteiger partial charge in [0.2, 0.25) is 0 Å². The van der Waals surface area contributed by atoms with E-state index in [1.165, 1.54) is 0 Å². The van der Waals surface area contributed by atoms with Crippen molar-refractivity contribution in [2.75, 3.05) is 18.0 Å². The van der Waals surface area contributed by atoms with E-state index >= 15 is 0 Å². The van der Waals surface area contributed by atoms with E-state index < -0.39 is 0 Å². The third kappa shape index (κ3) is 2.32. The number of piperidine rings is 1. The molecule has 0 bridgehead atoms. The van der Waals surface area contributed by atoms with E-state index in [1.807, 2.05) is 24.3 Å². The molecule has 0 amide bonds. The molecule has 1 aromatic heterocycles. The van der Waals surface area contributed by atoms with Crippen molar-refractivity contribution in [1.82, 2.24) is 10.2 Å². The minimum Gasteiger partial charge on any atom is -0.368 e. The van der Waals surface area contributed by atoms with E-state index in [2.05, 4.69) is 35.0 Å². The van der Waals surface area contributed by atoms with Crippen LogP contribution in [0.25, 0.3) is 10.9 Å². The second-order valence-corrected chi connectivity index (χ2v) is 6.33. The maximum absolute atomic E-state index is 9.39. The fourth-order valence-corrected chi connectivity index (χ4v) is 3.00. The number of nitrogens with two attached hydrogens (primary N) is 1. The fourth-order valence-electron chi connectivity index (χ4n) is 3.00. The molecule has 1 saturated heterocycles. The Hall–Kier alpha value is -2.19. The Morgan fingerprint density at radius 3 is 2.81 bits per heavy atom. The Bertz CT molecular complexity index is 716. The number of aromatic nitrogens is 2. The molecule has 5 nitrogen and oxygen atoms in total. The van der Waals surface area contributed by atoms with Crippen molar-refractivity contribution in [3.05, 3.63) is 30.0 Å². The Balaban J connectivity index is 2.13. The zero-order valence-electron chi connectivity index (χ0n) is 12.4. The quantitative estimate of drug-likeness (QED) is 0.865. The number of hydrogen-bond donors (Lipinski definition) is 1. The van der Waals surface area contributed by atoms with Gasteiger partial charge in [0.05, 0.1) is 11.2 Å². The number of nitrogens with zero attached hydrogens (tertiary/aromatic N) is 4. The second-order valence-electron chi connectivity index (χ2n) is 6.33. The topological polar surface area (TPSA) is 78.8 Å². The average Bonchev–Trinajstić information content (AvgIpc) is 2.49. The molecular weight excluding hydrogens is 262 g/mol. The van der Waals surface area contributed by atoms with Gasteiger partial charge in [0.15, 0.2) is 5.69 Å². The van der Waals surface area contributed by atoms with Gasteiger partial charge in [-0.25, -0.2) is 0 Å². The van der Waals surface area contributed by atoms with E-state index in [0.717, 1.165) is 36.1 Å². The molecule has 1 aromatic carbocycles. The lowest BCUT2D eigenvalue weighted by Crippen LogP contribution is -2.52. The number of rotatable bonds is 1. The van der Waals surface area contributed by atoms with Crippen molar-refractivity contribution >= 4 is 16.6 Å². The number of benzene rings is 1. The maximum atomic E-state index is 9.39. The average molecular weight is 281 g/mol. The van der Waals surface area contributed by atoms with Gasteiger partial charge >= 0.3 is 0 Å². The maximum Gasteiger partial charge on any atom is 0.187 e. The van der Waals surface area contributed by atoms with Gasteiger partial charge in [-0.05, 0) is 17.9 Å². The Labute approximate surface area is 124 Å². The molecule has 0 saturated carbocycles. The third-order valence-corrected chi connectivity index (χ3v) is 4.38. The highest BCUT2D eigenvalue weighted by Crippen LogP contribution is 2.35. The lowest BCUT2D eigenvalue weighted by Gasteiger charge is -2.44. The van der Waals surface area contributed by atoms with Crippen LogP contribution < -0.4 is 10.6 Å². The summed E-state index contributed by atoms with van der Waals surface area (Å²) in [6.45, 7) is 6.01. The minimum absolute atomic E-state index is 0.00928. The van der Waals surface area contributed by atoms with Gasteiger partial charge in [-0.2, -0.15) is 5.26 Å². The zero-order valence-corrected chi connectivity index (χ0v) is 12.4. The second kappa shape index (κ2) is 4.97. The smallest absolute Gasteiger partial charge is 0.187 e. The normalized spacial score (nSPS) is 21.2. The highest BCUT2D eigenvalue weighted by Gasteiger charge is 2.35. The van der Waals surface area contributed by atoms with Crippen LogP contribution in [0.2, 0.25) is 0 Å². The summed E-state index contributed by atoms with van der Waals surface area (Å²) in [5.41, 5.74) is 8.32. The monoisotopic (exact) mass is 281 g/mol. The van der Waals surface area contributed by atoms with Crippen molar-refractivity contribution in [3.8, 4) is 6.07 Å². The summed E-state index contributed by atoms with van der Waals surface area (Å²) in [4.78, 5) is 2.24. The van der Waals surface area contributed by atoms with Gasteiger partial charge in [-0.3, -0.25) is 0 Å². The summed E-state index contributed by atoms with van der Waals surface area (Å²) in [6.07, 6.45) is 0.911. The van der Waals surface area contributed by atoms with Crippen LogP contribution >= 0.6 is 0 Å². The fraction of sp³-hybridized carbons (Fsp3) is 0.438. The van der Waals surface area contributed by atoms with Crippen molar-refractivity contribution in [2.45, 2.75) is 26.3 Å².